The molecule has 0 saturated carbocycles. The summed E-state index contributed by atoms with van der Waals surface area (Å²) in [5, 5.41) is 10.2. The van der Waals surface area contributed by atoms with Gasteiger partial charge in [-0.25, -0.2) is 14.5 Å². The molecule has 7 heteroatoms. The van der Waals surface area contributed by atoms with Gasteiger partial charge in [-0.15, -0.1) is 0 Å². The first kappa shape index (κ1) is 24.5. The van der Waals surface area contributed by atoms with E-state index in [2.05, 4.69) is 0 Å². The first-order valence-corrected chi connectivity index (χ1v) is 10.9. The predicted molar refractivity (Wildman–Crippen MR) is 130 cm³/mol. The van der Waals surface area contributed by atoms with Crippen molar-refractivity contribution >= 4 is 29.3 Å². The Hall–Kier alpha value is -4.13. The van der Waals surface area contributed by atoms with E-state index in [1.165, 1.54) is 12.1 Å². The maximum absolute atomic E-state index is 13.4. The van der Waals surface area contributed by atoms with Crippen LogP contribution in [-0.4, -0.2) is 46.2 Å². The van der Waals surface area contributed by atoms with Crippen LogP contribution in [0.5, 0.6) is 0 Å². The molecule has 3 aromatic rings. The van der Waals surface area contributed by atoms with Crippen LogP contribution in [0.4, 0.5) is 16.2 Å². The second-order valence-electron chi connectivity index (χ2n) is 8.66. The molecule has 0 saturated heterocycles. The normalized spacial score (nSPS) is 11.9. The van der Waals surface area contributed by atoms with Gasteiger partial charge in [-0.1, -0.05) is 54.6 Å². The first-order chi connectivity index (χ1) is 16.2. The molecule has 1 N–H and O–H groups in total. The van der Waals surface area contributed by atoms with Crippen molar-refractivity contribution in [2.24, 2.45) is 0 Å². The topological polar surface area (TPSA) is 87.2 Å². The zero-order valence-corrected chi connectivity index (χ0v) is 19.4. The molecule has 3 aromatic carbocycles. The van der Waals surface area contributed by atoms with Crippen LogP contribution in [0.3, 0.4) is 0 Å². The van der Waals surface area contributed by atoms with Gasteiger partial charge in [-0.2, -0.15) is 0 Å². The molecule has 7 nitrogen and oxygen atoms in total. The summed E-state index contributed by atoms with van der Waals surface area (Å²) in [7, 11) is 0. The van der Waals surface area contributed by atoms with E-state index in [4.69, 9.17) is 4.74 Å². The average Bonchev–Trinajstić information content (AvgIpc) is 2.81. The van der Waals surface area contributed by atoms with Crippen molar-refractivity contribution in [3.8, 4) is 0 Å². The van der Waals surface area contributed by atoms with Crippen LogP contribution in [0.15, 0.2) is 91.0 Å². The minimum atomic E-state index is -1.53. The van der Waals surface area contributed by atoms with E-state index in [9.17, 15) is 19.5 Å². The van der Waals surface area contributed by atoms with Crippen molar-refractivity contribution in [3.63, 3.8) is 0 Å². The van der Waals surface area contributed by atoms with Crippen molar-refractivity contribution in [1.29, 1.82) is 0 Å². The summed E-state index contributed by atoms with van der Waals surface area (Å²) in [6, 6.07) is 25.0. The van der Waals surface area contributed by atoms with Crippen molar-refractivity contribution in [1.82, 2.24) is 4.90 Å². The van der Waals surface area contributed by atoms with E-state index in [0.717, 1.165) is 11.4 Å². The van der Waals surface area contributed by atoms with Crippen molar-refractivity contribution in [3.05, 3.63) is 96.6 Å². The van der Waals surface area contributed by atoms with Crippen LogP contribution >= 0.6 is 0 Å². The number of hydrogen-bond donors (Lipinski definition) is 1. The van der Waals surface area contributed by atoms with Crippen molar-refractivity contribution in [2.45, 2.75) is 32.4 Å². The number of hydrogen-bond acceptors (Lipinski definition) is 5. The maximum atomic E-state index is 13.4. The molecule has 2 amide bonds. The largest absolute Gasteiger partial charge is 0.480 e. The lowest BCUT2D eigenvalue weighted by Crippen LogP contribution is -2.54. The fourth-order valence-corrected chi connectivity index (χ4v) is 3.40. The number of imide groups is 1. The first-order valence-electron chi connectivity index (χ1n) is 10.9. The zero-order valence-electron chi connectivity index (χ0n) is 19.4. The van der Waals surface area contributed by atoms with E-state index in [1.807, 2.05) is 60.7 Å². The number of anilines is 2. The monoisotopic (exact) mass is 460 g/mol. The standard InChI is InChI=1S/C27H28N2O5/c1-27(2,3)34-26(33)29(24(30)20-13-7-4-8-14-20)23(25(31)32)19-28(21-15-9-5-10-16-21)22-17-11-6-12-18-22/h4-18,23H,19H2,1-3H3,(H,31,32). The molecule has 1 atom stereocenters. The minimum Gasteiger partial charge on any atom is -0.480 e. The molecule has 0 spiro atoms. The Balaban J connectivity index is 2.07. The number of para-hydroxylation sites is 2. The van der Waals surface area contributed by atoms with Crippen molar-refractivity contribution in [2.75, 3.05) is 11.4 Å². The summed E-state index contributed by atoms with van der Waals surface area (Å²) in [5.41, 5.74) is 0.701. The Morgan fingerprint density at radius 1 is 0.794 bits per heavy atom. The summed E-state index contributed by atoms with van der Waals surface area (Å²) in [6.07, 6.45) is -1.02. The molecular formula is C27H28N2O5. The highest BCUT2D eigenvalue weighted by atomic mass is 16.6. The van der Waals surface area contributed by atoms with E-state index < -0.39 is 29.6 Å². The third-order valence-electron chi connectivity index (χ3n) is 4.92. The van der Waals surface area contributed by atoms with Gasteiger partial charge in [-0.3, -0.25) is 4.79 Å². The highest BCUT2D eigenvalue weighted by Crippen LogP contribution is 2.27. The molecular weight excluding hydrogens is 432 g/mol. The fourth-order valence-electron chi connectivity index (χ4n) is 3.40. The number of carbonyl (C=O) groups excluding carboxylic acids is 2. The van der Waals surface area contributed by atoms with Gasteiger partial charge in [0.1, 0.15) is 5.60 Å². The molecule has 0 aliphatic carbocycles. The number of rotatable bonds is 7. The quantitative estimate of drug-likeness (QED) is 0.511. The number of ether oxygens (including phenoxy) is 1. The Labute approximate surface area is 199 Å². The van der Waals surface area contributed by atoms with Crippen molar-refractivity contribution < 1.29 is 24.2 Å². The van der Waals surface area contributed by atoms with Crippen LogP contribution in [0.25, 0.3) is 0 Å². The lowest BCUT2D eigenvalue weighted by atomic mass is 10.1. The second kappa shape index (κ2) is 10.7. The fraction of sp³-hybridized carbons (Fsp3) is 0.222. The van der Waals surface area contributed by atoms with E-state index in [1.54, 1.807) is 43.9 Å². The second-order valence-corrected chi connectivity index (χ2v) is 8.66. The molecule has 176 valence electrons. The van der Waals surface area contributed by atoms with E-state index in [-0.39, 0.29) is 12.1 Å². The van der Waals surface area contributed by atoms with Crippen LogP contribution in [0.1, 0.15) is 31.1 Å². The highest BCUT2D eigenvalue weighted by Gasteiger charge is 2.39. The van der Waals surface area contributed by atoms with Gasteiger partial charge < -0.3 is 14.7 Å². The van der Waals surface area contributed by atoms with E-state index >= 15 is 0 Å². The van der Waals surface area contributed by atoms with E-state index in [0.29, 0.717) is 4.90 Å². The predicted octanol–water partition coefficient (Wildman–Crippen LogP) is 5.36. The Morgan fingerprint density at radius 2 is 1.24 bits per heavy atom. The molecule has 0 aromatic heterocycles. The zero-order chi connectivity index (χ0) is 24.7. The van der Waals surface area contributed by atoms with Gasteiger partial charge in [0.15, 0.2) is 6.04 Å². The molecule has 0 radical (unpaired) electrons. The van der Waals surface area contributed by atoms with Gasteiger partial charge in [0.2, 0.25) is 0 Å². The Morgan fingerprint density at radius 3 is 1.65 bits per heavy atom. The number of carbonyl (C=O) groups is 3. The minimum absolute atomic E-state index is 0.179. The molecule has 0 heterocycles. The Bertz CT molecular complexity index is 1070. The molecule has 34 heavy (non-hydrogen) atoms. The SMILES string of the molecule is CC(C)(C)OC(=O)N(C(=O)c1ccccc1)C(CN(c1ccccc1)c1ccccc1)C(=O)O. The third-order valence-corrected chi connectivity index (χ3v) is 4.92. The molecule has 0 aliphatic heterocycles. The van der Waals surface area contributed by atoms with Gasteiger partial charge in [0, 0.05) is 16.9 Å². The summed E-state index contributed by atoms with van der Waals surface area (Å²) in [5.74, 6) is -2.07. The summed E-state index contributed by atoms with van der Waals surface area (Å²) >= 11 is 0. The summed E-state index contributed by atoms with van der Waals surface area (Å²) < 4.78 is 5.45. The lowest BCUT2D eigenvalue weighted by molar-refractivity contribution is -0.141. The summed E-state index contributed by atoms with van der Waals surface area (Å²) in [6.45, 7) is 4.80. The average molecular weight is 461 g/mol. The third kappa shape index (κ3) is 6.22. The number of carboxylic acid groups (broad SMARTS) is 1. The van der Waals surface area contributed by atoms with Crippen LogP contribution in [0, 0.1) is 0 Å². The molecule has 3 rings (SSSR count). The number of carboxylic acids is 1. The van der Waals surface area contributed by atoms with Crippen LogP contribution in [0.2, 0.25) is 0 Å². The maximum Gasteiger partial charge on any atom is 0.418 e. The number of amides is 2. The van der Waals surface area contributed by atoms with Gasteiger partial charge >= 0.3 is 12.1 Å². The van der Waals surface area contributed by atoms with Gasteiger partial charge in [0.05, 0.1) is 6.54 Å². The van der Waals surface area contributed by atoms with Gasteiger partial charge in [-0.05, 0) is 57.2 Å². The number of nitrogens with zero attached hydrogens (tertiary/aromatic N) is 2. The van der Waals surface area contributed by atoms with Crippen LogP contribution in [-0.2, 0) is 9.53 Å². The summed E-state index contributed by atoms with van der Waals surface area (Å²) in [4.78, 5) is 41.6. The molecule has 0 fully saturated rings. The number of benzene rings is 3. The number of aliphatic carboxylic acids is 1. The Kier molecular flexibility index (Phi) is 7.68. The smallest absolute Gasteiger partial charge is 0.418 e. The molecule has 1 unspecified atom stereocenters. The molecule has 0 aliphatic rings. The highest BCUT2D eigenvalue weighted by molar-refractivity contribution is 6.05. The lowest BCUT2D eigenvalue weighted by Gasteiger charge is -2.34. The van der Waals surface area contributed by atoms with Crippen LogP contribution < -0.4 is 4.90 Å². The molecule has 0 bridgehead atoms. The van der Waals surface area contributed by atoms with Gasteiger partial charge in [0.25, 0.3) is 5.91 Å².